The van der Waals surface area contributed by atoms with E-state index in [4.69, 9.17) is 4.74 Å². The summed E-state index contributed by atoms with van der Waals surface area (Å²) in [5.41, 5.74) is 2.51. The smallest absolute Gasteiger partial charge is 0.258 e. The molecule has 1 amide bonds. The monoisotopic (exact) mass is 424 g/mol. The van der Waals surface area contributed by atoms with E-state index in [9.17, 15) is 9.59 Å². The molecule has 4 heterocycles. The van der Waals surface area contributed by atoms with Crippen molar-refractivity contribution in [2.24, 2.45) is 0 Å². The van der Waals surface area contributed by atoms with Gasteiger partial charge in [-0.25, -0.2) is 4.98 Å². The van der Waals surface area contributed by atoms with Gasteiger partial charge in [0.05, 0.1) is 11.3 Å². The van der Waals surface area contributed by atoms with Crippen LogP contribution in [0.2, 0.25) is 0 Å². The lowest BCUT2D eigenvalue weighted by molar-refractivity contribution is 0.0622. The van der Waals surface area contributed by atoms with E-state index in [1.54, 1.807) is 16.7 Å². The number of carbonyl (C=O) groups excluding carboxylic acids is 1. The number of carbonyl (C=O) groups is 1. The number of nitrogens with zero attached hydrogens (tertiary/aromatic N) is 4. The average molecular weight is 425 g/mol. The van der Waals surface area contributed by atoms with Gasteiger partial charge >= 0.3 is 0 Å². The highest BCUT2D eigenvalue weighted by Gasteiger charge is 2.33. The number of hydrogen-bond acceptors (Lipinski definition) is 6. The first-order chi connectivity index (χ1) is 14.5. The molecular formula is C22H24N4O3S. The van der Waals surface area contributed by atoms with Gasteiger partial charge < -0.3 is 9.64 Å². The molecule has 156 valence electrons. The summed E-state index contributed by atoms with van der Waals surface area (Å²) in [6, 6.07) is 7.47. The fourth-order valence-electron chi connectivity index (χ4n) is 4.23. The zero-order valence-corrected chi connectivity index (χ0v) is 17.9. The van der Waals surface area contributed by atoms with Gasteiger partial charge in [0.15, 0.2) is 4.96 Å². The minimum absolute atomic E-state index is 0.0316. The number of benzene rings is 1. The summed E-state index contributed by atoms with van der Waals surface area (Å²) >= 11 is 1.46. The zero-order chi connectivity index (χ0) is 20.8. The normalized spacial score (nSPS) is 21.6. The summed E-state index contributed by atoms with van der Waals surface area (Å²) < 4.78 is 7.57. The van der Waals surface area contributed by atoms with Crippen molar-refractivity contribution in [3.63, 3.8) is 0 Å². The Kier molecular flexibility index (Phi) is 4.83. The summed E-state index contributed by atoms with van der Waals surface area (Å²) in [4.78, 5) is 34.8. The Morgan fingerprint density at radius 1 is 1.23 bits per heavy atom. The van der Waals surface area contributed by atoms with Crippen molar-refractivity contribution in [2.75, 3.05) is 26.2 Å². The first kappa shape index (κ1) is 19.3. The van der Waals surface area contributed by atoms with Gasteiger partial charge in [-0.2, -0.15) is 0 Å². The number of rotatable bonds is 3. The van der Waals surface area contributed by atoms with Gasteiger partial charge in [0.1, 0.15) is 11.9 Å². The molecule has 1 fully saturated rings. The lowest BCUT2D eigenvalue weighted by Gasteiger charge is -2.34. The fourth-order valence-corrected chi connectivity index (χ4v) is 4.97. The van der Waals surface area contributed by atoms with E-state index in [-0.39, 0.29) is 17.6 Å². The molecule has 7 nitrogen and oxygen atoms in total. The minimum Gasteiger partial charge on any atom is -0.489 e. The molecule has 0 aliphatic carbocycles. The lowest BCUT2D eigenvalue weighted by atomic mass is 9.96. The van der Waals surface area contributed by atoms with E-state index >= 15 is 0 Å². The molecule has 1 saturated heterocycles. The highest BCUT2D eigenvalue weighted by molar-refractivity contribution is 7.15. The minimum atomic E-state index is -0.0496. The second-order valence-corrected chi connectivity index (χ2v) is 8.92. The molecule has 0 spiro atoms. The van der Waals surface area contributed by atoms with Gasteiger partial charge in [0.25, 0.3) is 11.5 Å². The highest BCUT2D eigenvalue weighted by atomic mass is 32.1. The van der Waals surface area contributed by atoms with Gasteiger partial charge in [-0.15, -0.1) is 11.3 Å². The standard InChI is InChI=1S/C22H24N4O3S/c1-14-15(2)29-20-17(14)4-3-5-18(20)21(28)25-8-6-24(7-9-25)13-16-12-19(27)26-10-11-30-22(26)23-16/h3-5,10-12,14-15H,6-9,13H2,1-2H3. The van der Waals surface area contributed by atoms with Gasteiger partial charge in [0, 0.05) is 61.8 Å². The van der Waals surface area contributed by atoms with Crippen LogP contribution >= 0.6 is 11.3 Å². The summed E-state index contributed by atoms with van der Waals surface area (Å²) in [7, 11) is 0. The Labute approximate surface area is 178 Å². The number of para-hydroxylation sites is 1. The van der Waals surface area contributed by atoms with Crippen molar-refractivity contribution in [2.45, 2.75) is 32.4 Å². The third-order valence-corrected chi connectivity index (χ3v) is 6.93. The molecule has 2 aromatic heterocycles. The Bertz CT molecular complexity index is 1160. The third kappa shape index (κ3) is 3.30. The average Bonchev–Trinajstić information content (AvgIpc) is 3.33. The molecule has 3 aromatic rings. The Morgan fingerprint density at radius 2 is 2.03 bits per heavy atom. The Morgan fingerprint density at radius 3 is 2.83 bits per heavy atom. The second kappa shape index (κ2) is 7.52. The maximum atomic E-state index is 13.2. The van der Waals surface area contributed by atoms with Gasteiger partial charge in [-0.05, 0) is 13.0 Å². The molecule has 0 saturated carbocycles. The highest BCUT2D eigenvalue weighted by Crippen LogP contribution is 2.40. The van der Waals surface area contributed by atoms with Crippen LogP contribution in [-0.4, -0.2) is 57.4 Å². The molecule has 0 radical (unpaired) electrons. The quantitative estimate of drug-likeness (QED) is 0.647. The van der Waals surface area contributed by atoms with Crippen molar-refractivity contribution in [1.29, 1.82) is 0 Å². The van der Waals surface area contributed by atoms with E-state index in [0.29, 0.717) is 36.1 Å². The Hall–Kier alpha value is -2.71. The molecular weight excluding hydrogens is 400 g/mol. The van der Waals surface area contributed by atoms with Gasteiger partial charge in [-0.3, -0.25) is 18.9 Å². The largest absolute Gasteiger partial charge is 0.489 e. The number of amides is 1. The van der Waals surface area contributed by atoms with Crippen LogP contribution in [0.3, 0.4) is 0 Å². The van der Waals surface area contributed by atoms with Crippen LogP contribution in [0, 0.1) is 0 Å². The van der Waals surface area contributed by atoms with Crippen molar-refractivity contribution in [3.05, 3.63) is 63.0 Å². The number of ether oxygens (including phenoxy) is 1. The number of hydrogen-bond donors (Lipinski definition) is 0. The predicted octanol–water partition coefficient (Wildman–Crippen LogP) is 2.60. The van der Waals surface area contributed by atoms with E-state index < -0.39 is 0 Å². The molecule has 2 aliphatic heterocycles. The SMILES string of the molecule is CC1Oc2c(C(=O)N3CCN(Cc4cc(=O)n5ccsc5n4)CC3)cccc2C1C. The van der Waals surface area contributed by atoms with E-state index in [2.05, 4.69) is 22.9 Å². The first-order valence-electron chi connectivity index (χ1n) is 10.3. The summed E-state index contributed by atoms with van der Waals surface area (Å²) in [5, 5.41) is 1.86. The number of aromatic nitrogens is 2. The summed E-state index contributed by atoms with van der Waals surface area (Å²) in [5.74, 6) is 1.07. The van der Waals surface area contributed by atoms with E-state index in [1.165, 1.54) is 11.3 Å². The molecule has 2 unspecified atom stereocenters. The summed E-state index contributed by atoms with van der Waals surface area (Å²) in [6.07, 6.45) is 1.83. The van der Waals surface area contributed by atoms with Crippen LogP contribution in [0.4, 0.5) is 0 Å². The molecule has 30 heavy (non-hydrogen) atoms. The van der Waals surface area contributed by atoms with Crippen LogP contribution in [0.1, 0.15) is 41.4 Å². The van der Waals surface area contributed by atoms with Crippen molar-refractivity contribution in [1.82, 2.24) is 19.2 Å². The van der Waals surface area contributed by atoms with Crippen molar-refractivity contribution < 1.29 is 9.53 Å². The fraction of sp³-hybridized carbons (Fsp3) is 0.409. The molecule has 8 heteroatoms. The maximum absolute atomic E-state index is 13.2. The first-order valence-corrected chi connectivity index (χ1v) is 11.2. The molecule has 1 aromatic carbocycles. The van der Waals surface area contributed by atoms with Gasteiger partial charge in [-0.1, -0.05) is 19.1 Å². The van der Waals surface area contributed by atoms with Crippen LogP contribution in [-0.2, 0) is 6.54 Å². The third-order valence-electron chi connectivity index (χ3n) is 6.18. The van der Waals surface area contributed by atoms with Crippen LogP contribution in [0.25, 0.3) is 4.96 Å². The molecule has 0 bridgehead atoms. The topological polar surface area (TPSA) is 67.2 Å². The predicted molar refractivity (Wildman–Crippen MR) is 115 cm³/mol. The van der Waals surface area contributed by atoms with Crippen LogP contribution in [0.15, 0.2) is 40.6 Å². The zero-order valence-electron chi connectivity index (χ0n) is 17.1. The van der Waals surface area contributed by atoms with Gasteiger partial charge in [0.2, 0.25) is 0 Å². The summed E-state index contributed by atoms with van der Waals surface area (Å²) in [6.45, 7) is 7.59. The molecule has 2 atom stereocenters. The number of piperazine rings is 1. The maximum Gasteiger partial charge on any atom is 0.258 e. The molecule has 5 rings (SSSR count). The lowest BCUT2D eigenvalue weighted by Crippen LogP contribution is -2.48. The van der Waals surface area contributed by atoms with Crippen LogP contribution in [0.5, 0.6) is 5.75 Å². The van der Waals surface area contributed by atoms with Crippen molar-refractivity contribution in [3.8, 4) is 5.75 Å². The van der Waals surface area contributed by atoms with Crippen LogP contribution < -0.4 is 10.3 Å². The Balaban J connectivity index is 1.26. The second-order valence-electron chi connectivity index (χ2n) is 8.05. The van der Waals surface area contributed by atoms with E-state index in [0.717, 1.165) is 30.1 Å². The number of thiazole rings is 1. The molecule has 0 N–H and O–H groups in total. The van der Waals surface area contributed by atoms with Crippen molar-refractivity contribution >= 4 is 22.2 Å². The van der Waals surface area contributed by atoms with E-state index in [1.807, 2.05) is 29.3 Å². The number of fused-ring (bicyclic) bond motifs is 2. The molecule has 2 aliphatic rings.